The Kier molecular flexibility index (Phi) is 6.60. The number of aliphatic hydroxyl groups is 1. The van der Waals surface area contributed by atoms with Crippen LogP contribution in [-0.4, -0.2) is 78.7 Å². The summed E-state index contributed by atoms with van der Waals surface area (Å²) in [4.78, 5) is 39.4. The lowest BCUT2D eigenvalue weighted by molar-refractivity contribution is -0.141. The van der Waals surface area contributed by atoms with Crippen LogP contribution in [-0.2, 0) is 19.4 Å². The number of carbonyl (C=O) groups excluding carboxylic acids is 3. The Bertz CT molecular complexity index is 1190. The molecule has 11 heteroatoms. The van der Waals surface area contributed by atoms with Crippen LogP contribution >= 0.6 is 11.6 Å². The average molecular weight is 494 g/mol. The van der Waals surface area contributed by atoms with E-state index in [2.05, 4.69) is 5.32 Å². The third-order valence-electron chi connectivity index (χ3n) is 6.04. The monoisotopic (exact) mass is 493 g/mol. The molecule has 4 rings (SSSR count). The maximum atomic E-state index is 12.8. The van der Waals surface area contributed by atoms with Crippen molar-refractivity contribution in [2.75, 3.05) is 25.4 Å². The smallest absolute Gasteiger partial charge is 0.324 e. The molecule has 2 aromatic carbocycles. The average Bonchev–Trinajstić information content (AvgIpc) is 2.78. The molecule has 2 saturated heterocycles. The van der Waals surface area contributed by atoms with Crippen LogP contribution in [0.25, 0.3) is 10.8 Å². The Morgan fingerprint density at radius 2 is 1.79 bits per heavy atom. The summed E-state index contributed by atoms with van der Waals surface area (Å²) in [6.45, 7) is 0.750. The van der Waals surface area contributed by atoms with Crippen LogP contribution in [0.1, 0.15) is 19.3 Å². The molecule has 0 aliphatic carbocycles. The number of carbonyl (C=O) groups is 3. The van der Waals surface area contributed by atoms with Crippen molar-refractivity contribution >= 4 is 50.1 Å². The first-order valence-electron chi connectivity index (χ1n) is 10.6. The second-order valence-corrected chi connectivity index (χ2v) is 10.7. The number of nitrogens with one attached hydrogen (secondary N) is 1. The second-order valence-electron chi connectivity index (χ2n) is 8.25. The van der Waals surface area contributed by atoms with E-state index >= 15 is 0 Å². The van der Waals surface area contributed by atoms with Crippen molar-refractivity contribution in [3.8, 4) is 0 Å². The zero-order valence-electron chi connectivity index (χ0n) is 17.7. The van der Waals surface area contributed by atoms with Crippen molar-refractivity contribution in [1.29, 1.82) is 0 Å². The third-order valence-corrected chi connectivity index (χ3v) is 8.00. The number of hydrogen-bond acceptors (Lipinski definition) is 6. The molecule has 0 unspecified atom stereocenters. The summed E-state index contributed by atoms with van der Waals surface area (Å²) in [5, 5.41) is 15.0. The highest BCUT2D eigenvalue weighted by Crippen LogP contribution is 2.24. The van der Waals surface area contributed by atoms with Gasteiger partial charge in [-0.3, -0.25) is 14.5 Å². The second kappa shape index (κ2) is 9.28. The first kappa shape index (κ1) is 23.5. The molecule has 2 aliphatic heterocycles. The van der Waals surface area contributed by atoms with Gasteiger partial charge >= 0.3 is 6.03 Å². The fourth-order valence-electron chi connectivity index (χ4n) is 4.28. The van der Waals surface area contributed by atoms with Crippen LogP contribution in [0, 0.1) is 0 Å². The maximum Gasteiger partial charge on any atom is 0.324 e. The lowest BCUT2D eigenvalue weighted by Gasteiger charge is -2.39. The van der Waals surface area contributed by atoms with Crippen molar-refractivity contribution < 1.29 is 27.9 Å². The summed E-state index contributed by atoms with van der Waals surface area (Å²) < 4.78 is 25.7. The number of amides is 4. The van der Waals surface area contributed by atoms with E-state index in [1.165, 1.54) is 21.9 Å². The van der Waals surface area contributed by atoms with E-state index in [4.69, 9.17) is 11.6 Å². The summed E-state index contributed by atoms with van der Waals surface area (Å²) in [7, 11) is -3.92. The van der Waals surface area contributed by atoms with Crippen molar-refractivity contribution in [3.05, 3.63) is 41.4 Å². The van der Waals surface area contributed by atoms with E-state index in [1.807, 2.05) is 0 Å². The number of aliphatic hydroxyl groups excluding tert-OH is 1. The molecule has 4 amide bonds. The molecule has 0 aromatic heterocycles. The van der Waals surface area contributed by atoms with Crippen molar-refractivity contribution in [3.63, 3.8) is 0 Å². The molecule has 0 spiro atoms. The van der Waals surface area contributed by atoms with Crippen LogP contribution in [0.15, 0.2) is 41.3 Å². The number of fused-ring (bicyclic) bond motifs is 1. The maximum absolute atomic E-state index is 12.8. The van der Waals surface area contributed by atoms with Crippen molar-refractivity contribution in [2.45, 2.75) is 36.3 Å². The number of likely N-dealkylation sites (tertiary alicyclic amines) is 1. The summed E-state index contributed by atoms with van der Waals surface area (Å²) in [5.74, 6) is -1.66. The highest BCUT2D eigenvalue weighted by Gasteiger charge is 2.37. The zero-order valence-corrected chi connectivity index (χ0v) is 19.3. The number of halogens is 1. The van der Waals surface area contributed by atoms with Gasteiger partial charge in [0.05, 0.1) is 10.6 Å². The minimum atomic E-state index is -3.92. The van der Waals surface area contributed by atoms with Gasteiger partial charge in [0.15, 0.2) is 9.84 Å². The number of hydrogen-bond donors (Lipinski definition) is 2. The number of nitrogens with zero attached hydrogens (tertiary/aromatic N) is 2. The highest BCUT2D eigenvalue weighted by atomic mass is 35.5. The topological polar surface area (TPSA) is 124 Å². The van der Waals surface area contributed by atoms with E-state index in [0.29, 0.717) is 29.8 Å². The van der Waals surface area contributed by atoms with Gasteiger partial charge in [-0.05, 0) is 47.9 Å². The van der Waals surface area contributed by atoms with Gasteiger partial charge in [0.1, 0.15) is 6.10 Å². The number of rotatable bonds is 5. The molecule has 0 saturated carbocycles. The Morgan fingerprint density at radius 3 is 2.48 bits per heavy atom. The normalized spacial score (nSPS) is 19.0. The molecule has 2 aliphatic rings. The fourth-order valence-corrected chi connectivity index (χ4v) is 5.80. The van der Waals surface area contributed by atoms with Gasteiger partial charge in [-0.25, -0.2) is 13.2 Å². The lowest BCUT2D eigenvalue weighted by atomic mass is 10.0. The number of imide groups is 1. The van der Waals surface area contributed by atoms with E-state index in [9.17, 15) is 27.9 Å². The first-order chi connectivity index (χ1) is 15.7. The molecule has 2 heterocycles. The van der Waals surface area contributed by atoms with Gasteiger partial charge in [-0.15, -0.1) is 0 Å². The highest BCUT2D eigenvalue weighted by molar-refractivity contribution is 7.91. The summed E-state index contributed by atoms with van der Waals surface area (Å²) in [6, 6.07) is 8.87. The molecule has 1 atom stereocenters. The first-order valence-corrected chi connectivity index (χ1v) is 12.7. The van der Waals surface area contributed by atoms with Crippen LogP contribution in [0.5, 0.6) is 0 Å². The summed E-state index contributed by atoms with van der Waals surface area (Å²) >= 11 is 5.96. The predicted octanol–water partition coefficient (Wildman–Crippen LogP) is 1.56. The van der Waals surface area contributed by atoms with E-state index in [1.54, 1.807) is 24.3 Å². The molecule has 176 valence electrons. The number of sulfone groups is 1. The van der Waals surface area contributed by atoms with Crippen LogP contribution in [0.3, 0.4) is 0 Å². The van der Waals surface area contributed by atoms with Gasteiger partial charge in [0, 0.05) is 37.1 Å². The molecular formula is C22H24ClN3O6S. The van der Waals surface area contributed by atoms with Crippen LogP contribution in [0.4, 0.5) is 4.79 Å². The molecule has 33 heavy (non-hydrogen) atoms. The van der Waals surface area contributed by atoms with Crippen molar-refractivity contribution in [1.82, 2.24) is 15.1 Å². The summed E-state index contributed by atoms with van der Waals surface area (Å²) in [6.07, 6.45) is -0.731. The summed E-state index contributed by atoms with van der Waals surface area (Å²) in [5.41, 5.74) is 0. The van der Waals surface area contributed by atoms with E-state index < -0.39 is 33.6 Å². The Labute approximate surface area is 196 Å². The predicted molar refractivity (Wildman–Crippen MR) is 121 cm³/mol. The molecular weight excluding hydrogens is 470 g/mol. The van der Waals surface area contributed by atoms with Gasteiger partial charge < -0.3 is 15.3 Å². The quantitative estimate of drug-likeness (QED) is 0.651. The SMILES string of the molecule is O=C([C@H](O)CS(=O)(=O)c1ccc2cc(Cl)ccc2c1)N1CCC(N2C(=O)CCNC2=O)CC1. The van der Waals surface area contributed by atoms with Gasteiger partial charge in [-0.2, -0.15) is 0 Å². The molecule has 0 bridgehead atoms. The fraction of sp³-hybridized carbons (Fsp3) is 0.409. The Balaban J connectivity index is 1.39. The van der Waals surface area contributed by atoms with Crippen molar-refractivity contribution in [2.24, 2.45) is 0 Å². The minimum absolute atomic E-state index is 0.0116. The molecule has 0 radical (unpaired) electrons. The number of piperidine rings is 1. The largest absolute Gasteiger partial charge is 0.382 e. The van der Waals surface area contributed by atoms with Crippen LogP contribution < -0.4 is 5.32 Å². The molecule has 9 nitrogen and oxygen atoms in total. The lowest BCUT2D eigenvalue weighted by Crippen LogP contribution is -2.57. The van der Waals surface area contributed by atoms with E-state index in [0.717, 1.165) is 5.39 Å². The number of urea groups is 1. The van der Waals surface area contributed by atoms with Gasteiger partial charge in [-0.1, -0.05) is 23.7 Å². The Morgan fingerprint density at radius 1 is 1.12 bits per heavy atom. The molecule has 2 fully saturated rings. The molecule has 2 N–H and O–H groups in total. The van der Waals surface area contributed by atoms with E-state index in [-0.39, 0.29) is 36.4 Å². The zero-order chi connectivity index (χ0) is 23.8. The van der Waals surface area contributed by atoms with Crippen LogP contribution in [0.2, 0.25) is 5.02 Å². The van der Waals surface area contributed by atoms with Gasteiger partial charge in [0.25, 0.3) is 5.91 Å². The minimum Gasteiger partial charge on any atom is -0.382 e. The Hall–Kier alpha value is -2.69. The molecule has 2 aromatic rings. The standard InChI is InChI=1S/C22H24ClN3O6S/c23-16-3-1-15-12-18(4-2-14(15)11-16)33(31,32)13-19(27)21(29)25-9-6-17(7-10-25)26-20(28)5-8-24-22(26)30/h1-4,11-12,17,19,27H,5-10,13H2,(H,24,30)/t19-/m1/s1. The van der Waals surface area contributed by atoms with Gasteiger partial charge in [0.2, 0.25) is 5.91 Å². The third kappa shape index (κ3) is 4.97. The number of benzene rings is 2.